The van der Waals surface area contributed by atoms with E-state index in [0.29, 0.717) is 18.4 Å². The average molecular weight is 226 g/mol. The van der Waals surface area contributed by atoms with Crippen molar-refractivity contribution in [2.24, 2.45) is 17.8 Å². The molecule has 4 unspecified atom stereocenters. The molecule has 3 heteroatoms. The SMILES string of the molecule is CCOC(=O)C1CCC2CC(O)CCC2C1. The van der Waals surface area contributed by atoms with Gasteiger partial charge in [0, 0.05) is 0 Å². The molecule has 0 radical (unpaired) electrons. The van der Waals surface area contributed by atoms with Crippen molar-refractivity contribution in [3.05, 3.63) is 0 Å². The standard InChI is InChI=1S/C13H22O3/c1-2-16-13(15)11-4-3-10-8-12(14)6-5-9(10)7-11/h9-12,14H,2-8H2,1H3. The topological polar surface area (TPSA) is 46.5 Å². The fourth-order valence-electron chi connectivity index (χ4n) is 3.34. The van der Waals surface area contributed by atoms with Gasteiger partial charge in [-0.1, -0.05) is 0 Å². The van der Waals surface area contributed by atoms with E-state index < -0.39 is 0 Å². The summed E-state index contributed by atoms with van der Waals surface area (Å²) in [7, 11) is 0. The highest BCUT2D eigenvalue weighted by Gasteiger charge is 2.37. The van der Waals surface area contributed by atoms with Crippen LogP contribution in [0.3, 0.4) is 0 Å². The summed E-state index contributed by atoms with van der Waals surface area (Å²) >= 11 is 0. The fourth-order valence-corrected chi connectivity index (χ4v) is 3.34. The Bertz CT molecular complexity index is 252. The first-order valence-corrected chi connectivity index (χ1v) is 6.55. The van der Waals surface area contributed by atoms with Crippen molar-refractivity contribution in [3.63, 3.8) is 0 Å². The minimum atomic E-state index is -0.0969. The van der Waals surface area contributed by atoms with Gasteiger partial charge in [0.2, 0.25) is 0 Å². The average Bonchev–Trinajstić information content (AvgIpc) is 2.28. The number of aliphatic hydroxyl groups is 1. The van der Waals surface area contributed by atoms with Gasteiger partial charge in [0.1, 0.15) is 0 Å². The number of aliphatic hydroxyl groups excluding tert-OH is 1. The molecule has 0 heterocycles. The molecule has 4 atom stereocenters. The Balaban J connectivity index is 1.88. The van der Waals surface area contributed by atoms with Gasteiger partial charge < -0.3 is 9.84 Å². The van der Waals surface area contributed by atoms with Crippen molar-refractivity contribution in [3.8, 4) is 0 Å². The van der Waals surface area contributed by atoms with Gasteiger partial charge >= 0.3 is 5.97 Å². The summed E-state index contributed by atoms with van der Waals surface area (Å²) in [6.07, 6.45) is 5.87. The molecule has 2 saturated carbocycles. The maximum Gasteiger partial charge on any atom is 0.308 e. The van der Waals surface area contributed by atoms with E-state index in [1.165, 1.54) is 0 Å². The summed E-state index contributed by atoms with van der Waals surface area (Å²) in [6, 6.07) is 0. The zero-order valence-electron chi connectivity index (χ0n) is 10.0. The third-order valence-electron chi connectivity index (χ3n) is 4.21. The zero-order chi connectivity index (χ0) is 11.5. The first kappa shape index (κ1) is 11.9. The first-order valence-electron chi connectivity index (χ1n) is 6.55. The van der Waals surface area contributed by atoms with Crippen LogP contribution in [0.15, 0.2) is 0 Å². The molecule has 0 saturated heterocycles. The lowest BCUT2D eigenvalue weighted by molar-refractivity contribution is -0.150. The van der Waals surface area contributed by atoms with Gasteiger partial charge in [-0.25, -0.2) is 0 Å². The number of ether oxygens (including phenoxy) is 1. The van der Waals surface area contributed by atoms with Crippen LogP contribution in [-0.2, 0) is 9.53 Å². The Morgan fingerprint density at radius 2 is 1.88 bits per heavy atom. The lowest BCUT2D eigenvalue weighted by Crippen LogP contribution is -2.35. The quantitative estimate of drug-likeness (QED) is 0.734. The van der Waals surface area contributed by atoms with Gasteiger partial charge in [-0.3, -0.25) is 4.79 Å². The molecule has 2 aliphatic rings. The molecule has 0 bridgehead atoms. The molecule has 0 aromatic carbocycles. The predicted octanol–water partition coefficient (Wildman–Crippen LogP) is 2.13. The summed E-state index contributed by atoms with van der Waals surface area (Å²) in [5, 5.41) is 9.62. The van der Waals surface area contributed by atoms with Gasteiger partial charge in [0.15, 0.2) is 0 Å². The second kappa shape index (κ2) is 5.17. The van der Waals surface area contributed by atoms with E-state index in [-0.39, 0.29) is 18.0 Å². The summed E-state index contributed by atoms with van der Waals surface area (Å²) < 4.78 is 5.09. The van der Waals surface area contributed by atoms with E-state index in [2.05, 4.69) is 0 Å². The van der Waals surface area contributed by atoms with E-state index >= 15 is 0 Å². The molecule has 3 nitrogen and oxygen atoms in total. The zero-order valence-corrected chi connectivity index (χ0v) is 10.0. The van der Waals surface area contributed by atoms with Gasteiger partial charge in [0.05, 0.1) is 18.6 Å². The van der Waals surface area contributed by atoms with Crippen molar-refractivity contribution in [2.75, 3.05) is 6.61 Å². The van der Waals surface area contributed by atoms with Crippen LogP contribution in [-0.4, -0.2) is 23.8 Å². The highest BCUT2D eigenvalue weighted by Crippen LogP contribution is 2.43. The van der Waals surface area contributed by atoms with E-state index in [0.717, 1.165) is 38.5 Å². The monoisotopic (exact) mass is 226 g/mol. The maximum absolute atomic E-state index is 11.7. The second-order valence-corrected chi connectivity index (χ2v) is 5.25. The highest BCUT2D eigenvalue weighted by molar-refractivity contribution is 5.72. The van der Waals surface area contributed by atoms with Crippen molar-refractivity contribution in [1.82, 2.24) is 0 Å². The Labute approximate surface area is 97.2 Å². The lowest BCUT2D eigenvalue weighted by atomic mass is 9.67. The molecule has 0 amide bonds. The summed E-state index contributed by atoms with van der Waals surface area (Å²) in [4.78, 5) is 11.7. The molecular formula is C13H22O3. The van der Waals surface area contributed by atoms with Gasteiger partial charge in [0.25, 0.3) is 0 Å². The Morgan fingerprint density at radius 1 is 1.19 bits per heavy atom. The van der Waals surface area contributed by atoms with Crippen LogP contribution in [0, 0.1) is 17.8 Å². The second-order valence-electron chi connectivity index (χ2n) is 5.25. The molecule has 92 valence electrons. The van der Waals surface area contributed by atoms with Crippen LogP contribution >= 0.6 is 0 Å². The van der Waals surface area contributed by atoms with Crippen molar-refractivity contribution in [2.45, 2.75) is 51.6 Å². The van der Waals surface area contributed by atoms with Crippen molar-refractivity contribution >= 4 is 5.97 Å². The van der Waals surface area contributed by atoms with Gasteiger partial charge in [-0.15, -0.1) is 0 Å². The van der Waals surface area contributed by atoms with Crippen molar-refractivity contribution in [1.29, 1.82) is 0 Å². The van der Waals surface area contributed by atoms with E-state index in [4.69, 9.17) is 4.74 Å². The summed E-state index contributed by atoms with van der Waals surface area (Å²) in [5.74, 6) is 1.41. The Kier molecular flexibility index (Phi) is 3.85. The largest absolute Gasteiger partial charge is 0.466 e. The van der Waals surface area contributed by atoms with Crippen LogP contribution in [0.1, 0.15) is 45.4 Å². The number of esters is 1. The number of hydrogen-bond acceptors (Lipinski definition) is 3. The number of rotatable bonds is 2. The highest BCUT2D eigenvalue weighted by atomic mass is 16.5. The van der Waals surface area contributed by atoms with Crippen LogP contribution in [0.2, 0.25) is 0 Å². The van der Waals surface area contributed by atoms with Gasteiger partial charge in [-0.05, 0) is 57.3 Å². The smallest absolute Gasteiger partial charge is 0.308 e. The van der Waals surface area contributed by atoms with Crippen molar-refractivity contribution < 1.29 is 14.6 Å². The molecule has 0 aliphatic heterocycles. The fraction of sp³-hybridized carbons (Fsp3) is 0.923. The van der Waals surface area contributed by atoms with Crippen LogP contribution < -0.4 is 0 Å². The maximum atomic E-state index is 11.7. The third kappa shape index (κ3) is 2.57. The summed E-state index contributed by atoms with van der Waals surface area (Å²) in [5.41, 5.74) is 0. The van der Waals surface area contributed by atoms with Crippen LogP contribution in [0.4, 0.5) is 0 Å². The third-order valence-corrected chi connectivity index (χ3v) is 4.21. The van der Waals surface area contributed by atoms with E-state index in [1.54, 1.807) is 0 Å². The van der Waals surface area contributed by atoms with Gasteiger partial charge in [-0.2, -0.15) is 0 Å². The summed E-state index contributed by atoms with van der Waals surface area (Å²) in [6.45, 7) is 2.35. The van der Waals surface area contributed by atoms with Crippen LogP contribution in [0.25, 0.3) is 0 Å². The molecule has 0 spiro atoms. The Morgan fingerprint density at radius 3 is 2.62 bits per heavy atom. The predicted molar refractivity (Wildman–Crippen MR) is 60.8 cm³/mol. The molecule has 16 heavy (non-hydrogen) atoms. The lowest BCUT2D eigenvalue weighted by Gasteiger charge is -2.40. The first-order chi connectivity index (χ1) is 7.70. The van der Waals surface area contributed by atoms with E-state index in [1.807, 2.05) is 6.92 Å². The number of carbonyl (C=O) groups excluding carboxylic acids is 1. The van der Waals surface area contributed by atoms with E-state index in [9.17, 15) is 9.90 Å². The molecule has 2 rings (SSSR count). The molecular weight excluding hydrogens is 204 g/mol. The molecule has 0 aromatic heterocycles. The molecule has 2 aliphatic carbocycles. The normalized spacial score (nSPS) is 38.9. The number of carbonyl (C=O) groups is 1. The number of fused-ring (bicyclic) bond motifs is 1. The minimum Gasteiger partial charge on any atom is -0.466 e. The number of hydrogen-bond donors (Lipinski definition) is 1. The molecule has 0 aromatic rings. The molecule has 2 fully saturated rings. The minimum absolute atomic E-state index is 0.00734. The molecule has 1 N–H and O–H groups in total. The Hall–Kier alpha value is -0.570. The van der Waals surface area contributed by atoms with Crippen LogP contribution in [0.5, 0.6) is 0 Å².